The molecule has 0 saturated heterocycles. The molecule has 0 unspecified atom stereocenters. The number of carbonyl (C=O) groups excluding carboxylic acids is 1. The topological polar surface area (TPSA) is 68.0 Å². The number of nitrogens with two attached hydrogens (primary N) is 1. The third-order valence-electron chi connectivity index (χ3n) is 2.90. The van der Waals surface area contributed by atoms with E-state index in [0.717, 1.165) is 5.56 Å². The Kier molecular flexibility index (Phi) is 3.62. The number of rotatable bonds is 3. The fraction of sp³-hybridized carbons (Fsp3) is 0.231. The monoisotopic (exact) mass is 261 g/mol. The first-order chi connectivity index (χ1) is 8.58. The zero-order chi connectivity index (χ0) is 13.1. The molecule has 5 heteroatoms. The van der Waals surface area contributed by atoms with E-state index in [4.69, 9.17) is 5.73 Å². The molecular formula is C13H15N3OS. The second-order valence-electron chi connectivity index (χ2n) is 4.10. The number of aryl methyl sites for hydroxylation is 1. The Hall–Kier alpha value is -1.88. The molecule has 18 heavy (non-hydrogen) atoms. The molecule has 4 nitrogen and oxygen atoms in total. The van der Waals surface area contributed by atoms with Gasteiger partial charge in [-0.2, -0.15) is 0 Å². The summed E-state index contributed by atoms with van der Waals surface area (Å²) in [6.45, 7) is 4.64. The van der Waals surface area contributed by atoms with E-state index >= 15 is 0 Å². The number of thiazole rings is 1. The minimum Gasteiger partial charge on any atom is -0.375 e. The smallest absolute Gasteiger partial charge is 0.263 e. The Morgan fingerprint density at radius 3 is 2.89 bits per heavy atom. The van der Waals surface area contributed by atoms with Gasteiger partial charge in [0.1, 0.15) is 4.88 Å². The highest BCUT2D eigenvalue weighted by molar-refractivity contribution is 7.17. The Labute approximate surface area is 110 Å². The highest BCUT2D eigenvalue weighted by Crippen LogP contribution is 2.15. The first-order valence-corrected chi connectivity index (χ1v) is 6.44. The Morgan fingerprint density at radius 2 is 2.22 bits per heavy atom. The first kappa shape index (κ1) is 12.6. The number of hydrogen-bond donors (Lipinski definition) is 2. The average molecular weight is 261 g/mol. The first-order valence-electron chi connectivity index (χ1n) is 5.62. The van der Waals surface area contributed by atoms with Crippen LogP contribution in [0, 0.1) is 13.8 Å². The van der Waals surface area contributed by atoms with Crippen molar-refractivity contribution in [1.82, 2.24) is 10.3 Å². The lowest BCUT2D eigenvalue weighted by molar-refractivity contribution is 0.0954. The molecule has 0 aliphatic rings. The minimum absolute atomic E-state index is 0.134. The maximum Gasteiger partial charge on any atom is 0.263 e. The maximum atomic E-state index is 11.8. The predicted octanol–water partition coefficient (Wildman–Crippen LogP) is 2.27. The summed E-state index contributed by atoms with van der Waals surface area (Å²) in [7, 11) is 0. The van der Waals surface area contributed by atoms with E-state index in [1.807, 2.05) is 12.1 Å². The zero-order valence-electron chi connectivity index (χ0n) is 10.4. The predicted molar refractivity (Wildman–Crippen MR) is 73.6 cm³/mol. The molecule has 1 heterocycles. The summed E-state index contributed by atoms with van der Waals surface area (Å²) in [6, 6.07) is 6.07. The van der Waals surface area contributed by atoms with Crippen LogP contribution in [0.2, 0.25) is 0 Å². The molecule has 0 spiro atoms. The van der Waals surface area contributed by atoms with Crippen molar-refractivity contribution in [2.24, 2.45) is 0 Å². The quantitative estimate of drug-likeness (QED) is 0.890. The Balaban J connectivity index is 2.04. The van der Waals surface area contributed by atoms with Crippen LogP contribution in [0.5, 0.6) is 0 Å². The number of nitrogens with one attached hydrogen (secondary N) is 1. The number of benzene rings is 1. The van der Waals surface area contributed by atoms with Gasteiger partial charge in [-0.25, -0.2) is 4.98 Å². The van der Waals surface area contributed by atoms with E-state index in [1.165, 1.54) is 28.7 Å². The number of amides is 1. The van der Waals surface area contributed by atoms with Gasteiger partial charge in [0.15, 0.2) is 5.13 Å². The molecule has 1 amide bonds. The summed E-state index contributed by atoms with van der Waals surface area (Å²) in [5.41, 5.74) is 9.06. The normalized spacial score (nSPS) is 10.3. The van der Waals surface area contributed by atoms with Crippen LogP contribution in [0.25, 0.3) is 0 Å². The lowest BCUT2D eigenvalue weighted by Crippen LogP contribution is -2.22. The van der Waals surface area contributed by atoms with Crippen LogP contribution in [0.1, 0.15) is 26.4 Å². The SMILES string of the molecule is Cc1cccc(CNC(=O)c2cnc(N)s2)c1C. The fourth-order valence-electron chi connectivity index (χ4n) is 1.66. The molecule has 0 radical (unpaired) electrons. The highest BCUT2D eigenvalue weighted by Gasteiger charge is 2.09. The summed E-state index contributed by atoms with van der Waals surface area (Å²) >= 11 is 1.19. The van der Waals surface area contributed by atoms with Gasteiger partial charge >= 0.3 is 0 Å². The van der Waals surface area contributed by atoms with Crippen molar-refractivity contribution < 1.29 is 4.79 Å². The molecule has 0 aliphatic heterocycles. The van der Waals surface area contributed by atoms with Crippen molar-refractivity contribution in [2.75, 3.05) is 5.73 Å². The minimum atomic E-state index is -0.134. The molecule has 0 atom stereocenters. The van der Waals surface area contributed by atoms with Gasteiger partial charge in [-0.15, -0.1) is 0 Å². The molecule has 1 aromatic heterocycles. The molecular weight excluding hydrogens is 246 g/mol. The van der Waals surface area contributed by atoms with Gasteiger partial charge in [0.2, 0.25) is 0 Å². The van der Waals surface area contributed by atoms with Crippen LogP contribution in [-0.2, 0) is 6.54 Å². The van der Waals surface area contributed by atoms with Crippen LogP contribution in [0.4, 0.5) is 5.13 Å². The molecule has 3 N–H and O–H groups in total. The Morgan fingerprint density at radius 1 is 1.44 bits per heavy atom. The van der Waals surface area contributed by atoms with E-state index in [0.29, 0.717) is 16.6 Å². The summed E-state index contributed by atoms with van der Waals surface area (Å²) in [4.78, 5) is 16.2. The van der Waals surface area contributed by atoms with Gasteiger partial charge in [-0.3, -0.25) is 4.79 Å². The van der Waals surface area contributed by atoms with Crippen LogP contribution in [-0.4, -0.2) is 10.9 Å². The maximum absolute atomic E-state index is 11.8. The standard InChI is InChI=1S/C13H15N3OS/c1-8-4-3-5-10(9(8)2)6-15-12(17)11-7-16-13(14)18-11/h3-5,7H,6H2,1-2H3,(H2,14,16)(H,15,17). The van der Waals surface area contributed by atoms with Crippen molar-refractivity contribution >= 4 is 22.4 Å². The van der Waals surface area contributed by atoms with Crippen molar-refractivity contribution in [3.05, 3.63) is 46.0 Å². The number of aromatic nitrogens is 1. The average Bonchev–Trinajstić information content (AvgIpc) is 2.77. The summed E-state index contributed by atoms with van der Waals surface area (Å²) in [5, 5.41) is 3.28. The van der Waals surface area contributed by atoms with Crippen LogP contribution < -0.4 is 11.1 Å². The van der Waals surface area contributed by atoms with Gasteiger partial charge in [0.25, 0.3) is 5.91 Å². The fourth-order valence-corrected chi connectivity index (χ4v) is 2.26. The van der Waals surface area contributed by atoms with Crippen LogP contribution in [0.3, 0.4) is 0 Å². The summed E-state index contributed by atoms with van der Waals surface area (Å²) < 4.78 is 0. The largest absolute Gasteiger partial charge is 0.375 e. The van der Waals surface area contributed by atoms with Gasteiger partial charge < -0.3 is 11.1 Å². The van der Waals surface area contributed by atoms with Gasteiger partial charge in [-0.05, 0) is 30.5 Å². The van der Waals surface area contributed by atoms with Gasteiger partial charge in [0.05, 0.1) is 6.20 Å². The second kappa shape index (κ2) is 5.18. The zero-order valence-corrected chi connectivity index (χ0v) is 11.2. The number of carbonyl (C=O) groups is 1. The lowest BCUT2D eigenvalue weighted by atomic mass is 10.0. The second-order valence-corrected chi connectivity index (χ2v) is 5.17. The molecule has 1 aromatic carbocycles. The highest BCUT2D eigenvalue weighted by atomic mass is 32.1. The number of anilines is 1. The molecule has 2 aromatic rings. The van der Waals surface area contributed by atoms with Gasteiger partial charge in [-0.1, -0.05) is 29.5 Å². The third kappa shape index (κ3) is 2.68. The van der Waals surface area contributed by atoms with Crippen molar-refractivity contribution in [3.8, 4) is 0 Å². The van der Waals surface area contributed by atoms with Crippen molar-refractivity contribution in [2.45, 2.75) is 20.4 Å². The molecule has 2 rings (SSSR count). The molecule has 94 valence electrons. The number of hydrogen-bond acceptors (Lipinski definition) is 4. The van der Waals surface area contributed by atoms with Crippen molar-refractivity contribution in [3.63, 3.8) is 0 Å². The molecule has 0 fully saturated rings. The molecule has 0 aliphatic carbocycles. The summed E-state index contributed by atoms with van der Waals surface area (Å²) in [5.74, 6) is -0.134. The van der Waals surface area contributed by atoms with Crippen LogP contribution in [0.15, 0.2) is 24.4 Å². The lowest BCUT2D eigenvalue weighted by Gasteiger charge is -2.09. The molecule has 0 bridgehead atoms. The third-order valence-corrected chi connectivity index (χ3v) is 3.73. The Bertz CT molecular complexity index is 577. The number of nitrogens with zero attached hydrogens (tertiary/aromatic N) is 1. The van der Waals surface area contributed by atoms with Crippen molar-refractivity contribution in [1.29, 1.82) is 0 Å². The van der Waals surface area contributed by atoms with E-state index in [1.54, 1.807) is 0 Å². The van der Waals surface area contributed by atoms with E-state index in [2.05, 4.69) is 30.2 Å². The van der Waals surface area contributed by atoms with E-state index in [-0.39, 0.29) is 5.91 Å². The van der Waals surface area contributed by atoms with E-state index in [9.17, 15) is 4.79 Å². The number of nitrogen functional groups attached to an aromatic ring is 1. The van der Waals surface area contributed by atoms with Crippen LogP contribution >= 0.6 is 11.3 Å². The summed E-state index contributed by atoms with van der Waals surface area (Å²) in [6.07, 6.45) is 1.50. The molecule has 0 saturated carbocycles. The van der Waals surface area contributed by atoms with E-state index < -0.39 is 0 Å². The van der Waals surface area contributed by atoms with Gasteiger partial charge in [0, 0.05) is 6.54 Å².